The van der Waals surface area contributed by atoms with Gasteiger partial charge in [0.1, 0.15) is 23.4 Å². The first-order valence-electron chi connectivity index (χ1n) is 12.2. The molecule has 3 aromatic carbocycles. The van der Waals surface area contributed by atoms with Crippen molar-refractivity contribution in [3.05, 3.63) is 87.4 Å². The van der Waals surface area contributed by atoms with E-state index in [2.05, 4.69) is 20.9 Å². The molecule has 4 aromatic rings. The second-order valence-electron chi connectivity index (χ2n) is 9.23. The Kier molecular flexibility index (Phi) is 6.20. The van der Waals surface area contributed by atoms with Crippen molar-refractivity contribution in [1.82, 2.24) is 4.98 Å². The average molecular weight is 591 g/mol. The van der Waals surface area contributed by atoms with Crippen LogP contribution >= 0.6 is 27.3 Å². The van der Waals surface area contributed by atoms with Crippen molar-refractivity contribution in [2.75, 3.05) is 11.5 Å². The van der Waals surface area contributed by atoms with Gasteiger partial charge in [0.2, 0.25) is 0 Å². The minimum absolute atomic E-state index is 0.0264. The summed E-state index contributed by atoms with van der Waals surface area (Å²) in [4.78, 5) is 33.1. The summed E-state index contributed by atoms with van der Waals surface area (Å²) in [6, 6.07) is 17.4. The second-order valence-corrected chi connectivity index (χ2v) is 11.2. The monoisotopic (exact) mass is 590 g/mol. The minimum Gasteiger partial charge on any atom is -0.507 e. The fraction of sp³-hybridized carbons (Fsp3) is 0.207. The van der Waals surface area contributed by atoms with Crippen molar-refractivity contribution in [3.8, 4) is 11.5 Å². The number of amides is 1. The van der Waals surface area contributed by atoms with Crippen LogP contribution in [-0.4, -0.2) is 34.5 Å². The molecule has 1 saturated heterocycles. The molecule has 192 valence electrons. The number of hydrogen-bond acceptors (Lipinski definition) is 7. The molecular weight excluding hydrogens is 568 g/mol. The summed E-state index contributed by atoms with van der Waals surface area (Å²) >= 11 is 4.75. The molecular formula is C29H23BrN2O5S. The van der Waals surface area contributed by atoms with Crippen LogP contribution in [0.4, 0.5) is 5.13 Å². The van der Waals surface area contributed by atoms with Gasteiger partial charge in [0.15, 0.2) is 5.13 Å². The summed E-state index contributed by atoms with van der Waals surface area (Å²) < 4.78 is 13.1. The molecule has 2 atom stereocenters. The number of aliphatic hydroxyl groups is 1. The highest BCUT2D eigenvalue weighted by Gasteiger charge is 2.48. The maximum atomic E-state index is 13.5. The van der Waals surface area contributed by atoms with E-state index in [0.29, 0.717) is 40.6 Å². The number of halogens is 1. The van der Waals surface area contributed by atoms with Crippen LogP contribution in [0.2, 0.25) is 0 Å². The largest absolute Gasteiger partial charge is 0.507 e. The maximum absolute atomic E-state index is 13.5. The van der Waals surface area contributed by atoms with Crippen molar-refractivity contribution in [1.29, 1.82) is 0 Å². The first kappa shape index (κ1) is 24.6. The molecule has 2 aliphatic heterocycles. The van der Waals surface area contributed by atoms with Crippen LogP contribution in [0.15, 0.2) is 70.7 Å². The minimum atomic E-state index is -0.849. The fourth-order valence-electron chi connectivity index (χ4n) is 4.97. The Labute approximate surface area is 231 Å². The number of nitrogens with zero attached hydrogens (tertiary/aromatic N) is 2. The number of carbonyl (C=O) groups is 2. The van der Waals surface area contributed by atoms with Gasteiger partial charge in [0.25, 0.3) is 5.78 Å². The molecule has 7 nitrogen and oxygen atoms in total. The van der Waals surface area contributed by atoms with Crippen LogP contribution in [0.25, 0.3) is 16.0 Å². The standard InChI is InChI=1S/C29H23BrN2O5S/c1-3-36-20-9-10-21-23(14-20)38-29(31-21)32-25(16-4-7-19(30)8-5-16)24(27(34)28(32)35)26(33)17-6-11-22-18(13-17)12-15(2)37-22/h4-11,13-15,25,33H,3,12H2,1-2H3/t15-,25+/m0/s1. The SMILES string of the molecule is CCOc1ccc2nc(N3C(=O)C(=O)C(=C(O)c4ccc5c(c4)C[C@H](C)O5)[C@H]3c3ccc(Br)cc3)sc2c1. The lowest BCUT2D eigenvalue weighted by Gasteiger charge is -2.23. The van der Waals surface area contributed by atoms with Gasteiger partial charge in [0.05, 0.1) is 28.4 Å². The lowest BCUT2D eigenvalue weighted by molar-refractivity contribution is -0.132. The van der Waals surface area contributed by atoms with Crippen LogP contribution in [0.3, 0.4) is 0 Å². The lowest BCUT2D eigenvalue weighted by atomic mass is 9.94. The first-order valence-corrected chi connectivity index (χ1v) is 13.8. The van der Waals surface area contributed by atoms with E-state index in [0.717, 1.165) is 20.5 Å². The van der Waals surface area contributed by atoms with E-state index < -0.39 is 17.7 Å². The molecule has 0 unspecified atom stereocenters. The van der Waals surface area contributed by atoms with Gasteiger partial charge in [-0.05, 0) is 73.5 Å². The number of Topliss-reactive ketones (excluding diaryl/α,β-unsaturated/α-hetero) is 1. The molecule has 1 N–H and O–H groups in total. The Morgan fingerprint density at radius 2 is 1.95 bits per heavy atom. The van der Waals surface area contributed by atoms with Gasteiger partial charge in [0, 0.05) is 16.5 Å². The van der Waals surface area contributed by atoms with Crippen molar-refractivity contribution in [2.24, 2.45) is 0 Å². The molecule has 38 heavy (non-hydrogen) atoms. The predicted molar refractivity (Wildman–Crippen MR) is 150 cm³/mol. The van der Waals surface area contributed by atoms with Crippen molar-refractivity contribution in [3.63, 3.8) is 0 Å². The predicted octanol–water partition coefficient (Wildman–Crippen LogP) is 6.41. The molecule has 2 aliphatic rings. The highest BCUT2D eigenvalue weighted by atomic mass is 79.9. The van der Waals surface area contributed by atoms with E-state index >= 15 is 0 Å². The zero-order valence-corrected chi connectivity index (χ0v) is 23.0. The summed E-state index contributed by atoms with van der Waals surface area (Å²) in [5.41, 5.74) is 2.82. The number of aliphatic hydroxyl groups excluding tert-OH is 1. The fourth-order valence-corrected chi connectivity index (χ4v) is 6.25. The smallest absolute Gasteiger partial charge is 0.301 e. The Bertz CT molecular complexity index is 1630. The van der Waals surface area contributed by atoms with Crippen molar-refractivity contribution >= 4 is 60.1 Å². The van der Waals surface area contributed by atoms with E-state index in [4.69, 9.17) is 9.47 Å². The lowest BCUT2D eigenvalue weighted by Crippen LogP contribution is -2.29. The number of rotatable bonds is 5. The summed E-state index contributed by atoms with van der Waals surface area (Å²) in [5.74, 6) is -0.242. The quantitative estimate of drug-likeness (QED) is 0.164. The summed E-state index contributed by atoms with van der Waals surface area (Å²) in [6.45, 7) is 4.42. The molecule has 3 heterocycles. The number of fused-ring (bicyclic) bond motifs is 2. The highest BCUT2D eigenvalue weighted by molar-refractivity contribution is 9.10. The Balaban J connectivity index is 1.50. The molecule has 0 aliphatic carbocycles. The summed E-state index contributed by atoms with van der Waals surface area (Å²) in [7, 11) is 0. The number of aromatic nitrogens is 1. The number of ether oxygens (including phenoxy) is 2. The van der Waals surface area contributed by atoms with Crippen LogP contribution < -0.4 is 14.4 Å². The van der Waals surface area contributed by atoms with Crippen LogP contribution in [-0.2, 0) is 16.0 Å². The van der Waals surface area contributed by atoms with Gasteiger partial charge in [-0.2, -0.15) is 0 Å². The third kappa shape index (κ3) is 4.16. The van der Waals surface area contributed by atoms with Gasteiger partial charge in [-0.3, -0.25) is 14.5 Å². The van der Waals surface area contributed by atoms with Crippen molar-refractivity contribution in [2.45, 2.75) is 32.4 Å². The molecule has 0 radical (unpaired) electrons. The summed E-state index contributed by atoms with van der Waals surface area (Å²) in [5, 5.41) is 11.9. The number of benzene rings is 3. The van der Waals surface area contributed by atoms with Gasteiger partial charge < -0.3 is 14.6 Å². The first-order chi connectivity index (χ1) is 18.3. The Morgan fingerprint density at radius 3 is 2.71 bits per heavy atom. The maximum Gasteiger partial charge on any atom is 0.301 e. The highest BCUT2D eigenvalue weighted by Crippen LogP contribution is 2.45. The molecule has 0 spiro atoms. The second kappa shape index (κ2) is 9.56. The molecule has 1 aromatic heterocycles. The number of anilines is 1. The van der Waals surface area contributed by atoms with Gasteiger partial charge in [-0.1, -0.05) is 39.4 Å². The van der Waals surface area contributed by atoms with Crippen LogP contribution in [0, 0.1) is 0 Å². The zero-order valence-electron chi connectivity index (χ0n) is 20.6. The van der Waals surface area contributed by atoms with Crippen LogP contribution in [0.1, 0.15) is 36.6 Å². The molecule has 0 saturated carbocycles. The van der Waals surface area contributed by atoms with E-state index in [1.165, 1.54) is 16.2 Å². The zero-order chi connectivity index (χ0) is 26.6. The van der Waals surface area contributed by atoms with E-state index in [-0.39, 0.29) is 17.4 Å². The average Bonchev–Trinajstić information content (AvgIpc) is 3.56. The molecule has 6 rings (SSSR count). The topological polar surface area (TPSA) is 89.0 Å². The molecule has 9 heteroatoms. The third-order valence-electron chi connectivity index (χ3n) is 6.67. The molecule has 1 fully saturated rings. The van der Waals surface area contributed by atoms with Gasteiger partial charge in [-0.25, -0.2) is 4.98 Å². The van der Waals surface area contributed by atoms with E-state index in [1.807, 2.05) is 62.4 Å². The summed E-state index contributed by atoms with van der Waals surface area (Å²) in [6.07, 6.45) is 0.745. The number of ketones is 1. The number of carbonyl (C=O) groups excluding carboxylic acids is 2. The van der Waals surface area contributed by atoms with Crippen LogP contribution in [0.5, 0.6) is 11.5 Å². The van der Waals surface area contributed by atoms with Gasteiger partial charge in [-0.15, -0.1) is 0 Å². The normalized spacial score (nSPS) is 20.1. The van der Waals surface area contributed by atoms with Crippen molar-refractivity contribution < 1.29 is 24.2 Å². The molecule has 1 amide bonds. The third-order valence-corrected chi connectivity index (χ3v) is 8.21. The number of hydrogen-bond donors (Lipinski definition) is 1. The Hall–Kier alpha value is -3.69. The van der Waals surface area contributed by atoms with Gasteiger partial charge >= 0.3 is 5.91 Å². The van der Waals surface area contributed by atoms with E-state index in [1.54, 1.807) is 12.1 Å². The molecule has 0 bridgehead atoms. The Morgan fingerprint density at radius 1 is 1.16 bits per heavy atom. The number of thiazole rings is 1. The van der Waals surface area contributed by atoms with E-state index in [9.17, 15) is 14.7 Å².